The summed E-state index contributed by atoms with van der Waals surface area (Å²) >= 11 is 5.25. The number of anilines is 1. The number of carbonyl (C=O) groups is 2. The van der Waals surface area contributed by atoms with Crippen LogP contribution in [-0.4, -0.2) is 36.0 Å². The maximum atomic E-state index is 12.8. The second kappa shape index (κ2) is 10.4. The van der Waals surface area contributed by atoms with Gasteiger partial charge in [0.2, 0.25) is 0 Å². The molecule has 0 radical (unpaired) electrons. The van der Waals surface area contributed by atoms with E-state index in [1.54, 1.807) is 67.6 Å². The minimum atomic E-state index is -0.338. The fraction of sp³-hybridized carbons (Fsp3) is 0.125. The van der Waals surface area contributed by atoms with E-state index in [1.807, 2.05) is 30.3 Å². The number of benzene rings is 3. The third-order valence-corrected chi connectivity index (χ3v) is 4.76. The summed E-state index contributed by atoms with van der Waals surface area (Å²) in [7, 11) is 3.32. The zero-order valence-electron chi connectivity index (χ0n) is 17.3. The van der Waals surface area contributed by atoms with Crippen LogP contribution in [-0.2, 0) is 6.54 Å². The minimum Gasteiger partial charge on any atom is -0.497 e. The van der Waals surface area contributed by atoms with Crippen molar-refractivity contribution in [1.82, 2.24) is 10.2 Å². The van der Waals surface area contributed by atoms with Gasteiger partial charge in [-0.05, 0) is 60.2 Å². The number of nitrogens with zero attached hydrogens (tertiary/aromatic N) is 1. The lowest BCUT2D eigenvalue weighted by atomic mass is 10.1. The normalized spacial score (nSPS) is 10.1. The third-order valence-electron chi connectivity index (χ3n) is 4.56. The van der Waals surface area contributed by atoms with Crippen LogP contribution in [0.15, 0.2) is 78.9 Å². The number of carbonyl (C=O) groups excluding carboxylic acids is 2. The van der Waals surface area contributed by atoms with E-state index in [1.165, 1.54) is 0 Å². The van der Waals surface area contributed by atoms with E-state index in [0.717, 1.165) is 5.56 Å². The first-order valence-corrected chi connectivity index (χ1v) is 10.0. The molecular formula is C24H23N3O3S. The molecule has 0 bridgehead atoms. The van der Waals surface area contributed by atoms with E-state index in [4.69, 9.17) is 17.0 Å². The average molecular weight is 434 g/mol. The van der Waals surface area contributed by atoms with Crippen molar-refractivity contribution < 1.29 is 14.3 Å². The summed E-state index contributed by atoms with van der Waals surface area (Å²) in [4.78, 5) is 26.8. The van der Waals surface area contributed by atoms with Crippen molar-refractivity contribution in [3.05, 3.63) is 95.6 Å². The monoisotopic (exact) mass is 433 g/mol. The number of ether oxygens (including phenoxy) is 1. The van der Waals surface area contributed by atoms with E-state index < -0.39 is 0 Å². The second-order valence-corrected chi connectivity index (χ2v) is 7.27. The van der Waals surface area contributed by atoms with Crippen LogP contribution in [0, 0.1) is 0 Å². The van der Waals surface area contributed by atoms with Gasteiger partial charge in [-0.15, -0.1) is 0 Å². The first-order chi connectivity index (χ1) is 15.0. The van der Waals surface area contributed by atoms with Gasteiger partial charge < -0.3 is 15.0 Å². The molecule has 0 unspecified atom stereocenters. The van der Waals surface area contributed by atoms with E-state index in [-0.39, 0.29) is 16.9 Å². The first kappa shape index (κ1) is 22.0. The van der Waals surface area contributed by atoms with Gasteiger partial charge in [0.1, 0.15) is 5.75 Å². The summed E-state index contributed by atoms with van der Waals surface area (Å²) in [5.41, 5.74) is 2.64. The predicted octanol–water partition coefficient (Wildman–Crippen LogP) is 4.09. The van der Waals surface area contributed by atoms with Crippen molar-refractivity contribution in [2.45, 2.75) is 6.54 Å². The zero-order chi connectivity index (χ0) is 22.2. The highest BCUT2D eigenvalue weighted by atomic mass is 32.1. The first-order valence-electron chi connectivity index (χ1n) is 9.62. The molecule has 3 rings (SSSR count). The van der Waals surface area contributed by atoms with E-state index in [0.29, 0.717) is 29.1 Å². The molecule has 3 aromatic carbocycles. The van der Waals surface area contributed by atoms with E-state index in [9.17, 15) is 9.59 Å². The van der Waals surface area contributed by atoms with Crippen molar-refractivity contribution >= 4 is 34.8 Å². The number of rotatable bonds is 6. The highest BCUT2D eigenvalue weighted by Gasteiger charge is 2.13. The molecule has 0 heterocycles. The SMILES string of the molecule is COc1ccc(C(=O)NC(=S)Nc2cccc(C(=O)N(C)Cc3ccccc3)c2)cc1. The Morgan fingerprint density at radius 1 is 0.935 bits per heavy atom. The fourth-order valence-corrected chi connectivity index (χ4v) is 3.17. The van der Waals surface area contributed by atoms with Gasteiger partial charge in [0.05, 0.1) is 7.11 Å². The van der Waals surface area contributed by atoms with Gasteiger partial charge in [-0.25, -0.2) is 0 Å². The largest absolute Gasteiger partial charge is 0.497 e. The van der Waals surface area contributed by atoms with Crippen LogP contribution in [0.4, 0.5) is 5.69 Å². The van der Waals surface area contributed by atoms with Crippen LogP contribution in [0.2, 0.25) is 0 Å². The molecule has 0 saturated carbocycles. The molecule has 0 saturated heterocycles. The molecule has 7 heteroatoms. The molecule has 2 amide bonds. The molecule has 0 fully saturated rings. The number of amides is 2. The minimum absolute atomic E-state index is 0.110. The summed E-state index contributed by atoms with van der Waals surface area (Å²) in [6, 6.07) is 23.5. The van der Waals surface area contributed by atoms with Crippen molar-refractivity contribution in [1.29, 1.82) is 0 Å². The Kier molecular flexibility index (Phi) is 7.35. The smallest absolute Gasteiger partial charge is 0.257 e. The number of hydrogen-bond donors (Lipinski definition) is 2. The number of thiocarbonyl (C=S) groups is 1. The zero-order valence-corrected chi connectivity index (χ0v) is 18.1. The molecule has 158 valence electrons. The second-order valence-electron chi connectivity index (χ2n) is 6.86. The van der Waals surface area contributed by atoms with E-state index >= 15 is 0 Å². The molecule has 31 heavy (non-hydrogen) atoms. The highest BCUT2D eigenvalue weighted by Crippen LogP contribution is 2.15. The molecule has 2 N–H and O–H groups in total. The van der Waals surface area contributed by atoms with Gasteiger partial charge in [-0.2, -0.15) is 0 Å². The Labute approximate surface area is 186 Å². The van der Waals surface area contributed by atoms with Gasteiger partial charge >= 0.3 is 0 Å². The van der Waals surface area contributed by atoms with Crippen molar-refractivity contribution in [3.63, 3.8) is 0 Å². The summed E-state index contributed by atoms with van der Waals surface area (Å²) in [6.07, 6.45) is 0. The third kappa shape index (κ3) is 6.13. The van der Waals surface area contributed by atoms with Gasteiger partial charge in [-0.3, -0.25) is 14.9 Å². The molecule has 0 spiro atoms. The average Bonchev–Trinajstić information content (AvgIpc) is 2.79. The molecular weight excluding hydrogens is 410 g/mol. The molecule has 0 aromatic heterocycles. The van der Waals surface area contributed by atoms with Crippen LogP contribution >= 0.6 is 12.2 Å². The van der Waals surface area contributed by atoms with Gasteiger partial charge in [0.25, 0.3) is 11.8 Å². The lowest BCUT2D eigenvalue weighted by molar-refractivity contribution is 0.0785. The Balaban J connectivity index is 1.60. The lowest BCUT2D eigenvalue weighted by Crippen LogP contribution is -2.34. The summed E-state index contributed by atoms with van der Waals surface area (Å²) in [5, 5.41) is 5.73. The maximum Gasteiger partial charge on any atom is 0.257 e. The van der Waals surface area contributed by atoms with Crippen molar-refractivity contribution in [2.24, 2.45) is 0 Å². The van der Waals surface area contributed by atoms with Crippen molar-refractivity contribution in [3.8, 4) is 5.75 Å². The Bertz CT molecular complexity index is 1070. The predicted molar refractivity (Wildman–Crippen MR) is 125 cm³/mol. The Morgan fingerprint density at radius 3 is 2.32 bits per heavy atom. The number of nitrogens with one attached hydrogen (secondary N) is 2. The van der Waals surface area contributed by atoms with Gasteiger partial charge in [0, 0.05) is 30.4 Å². The van der Waals surface area contributed by atoms with Crippen LogP contribution in [0.5, 0.6) is 5.75 Å². The summed E-state index contributed by atoms with van der Waals surface area (Å²) in [5.74, 6) is 0.214. The Morgan fingerprint density at radius 2 is 1.65 bits per heavy atom. The molecule has 0 aliphatic carbocycles. The molecule has 0 aliphatic rings. The number of hydrogen-bond acceptors (Lipinski definition) is 4. The summed E-state index contributed by atoms with van der Waals surface area (Å²) in [6.45, 7) is 0.508. The molecule has 6 nitrogen and oxygen atoms in total. The van der Waals surface area contributed by atoms with Crippen LogP contribution in [0.25, 0.3) is 0 Å². The van der Waals surface area contributed by atoms with Crippen LogP contribution in [0.1, 0.15) is 26.3 Å². The van der Waals surface area contributed by atoms with Crippen molar-refractivity contribution in [2.75, 3.05) is 19.5 Å². The quantitative estimate of drug-likeness (QED) is 0.573. The molecule has 0 atom stereocenters. The topological polar surface area (TPSA) is 70.7 Å². The van der Waals surface area contributed by atoms with Crippen LogP contribution in [0.3, 0.4) is 0 Å². The molecule has 0 aliphatic heterocycles. The summed E-state index contributed by atoms with van der Waals surface area (Å²) < 4.78 is 5.09. The fourth-order valence-electron chi connectivity index (χ4n) is 2.96. The van der Waals surface area contributed by atoms with Gasteiger partial charge in [-0.1, -0.05) is 36.4 Å². The van der Waals surface area contributed by atoms with Crippen LogP contribution < -0.4 is 15.4 Å². The molecule has 3 aromatic rings. The maximum absolute atomic E-state index is 12.8. The lowest BCUT2D eigenvalue weighted by Gasteiger charge is -2.18. The number of methoxy groups -OCH3 is 1. The van der Waals surface area contributed by atoms with E-state index in [2.05, 4.69) is 10.6 Å². The standard InChI is InChI=1S/C24H23N3O3S/c1-27(16-17-7-4-3-5-8-17)23(29)19-9-6-10-20(15-19)25-24(31)26-22(28)18-11-13-21(30-2)14-12-18/h3-15H,16H2,1-2H3,(H2,25,26,28,31). The highest BCUT2D eigenvalue weighted by molar-refractivity contribution is 7.80. The van der Waals surface area contributed by atoms with Gasteiger partial charge in [0.15, 0.2) is 5.11 Å². The Hall–Kier alpha value is -3.71.